The molecule has 0 saturated carbocycles. The Morgan fingerprint density at radius 1 is 1.25 bits per heavy atom. The second-order valence-corrected chi connectivity index (χ2v) is 3.38. The zero-order chi connectivity index (χ0) is 9.14. The molecule has 0 unspecified atom stereocenters. The Morgan fingerprint density at radius 2 is 1.92 bits per heavy atom. The average Bonchev–Trinajstić information content (AvgIpc) is 2.04. The molecule has 0 aliphatic carbocycles. The maximum Gasteiger partial charge on any atom is 0.129 e. The van der Waals surface area contributed by atoms with Crippen molar-refractivity contribution in [3.63, 3.8) is 0 Å². The highest BCUT2D eigenvalue weighted by molar-refractivity contribution is 6.29. The van der Waals surface area contributed by atoms with E-state index in [1.54, 1.807) is 6.20 Å². The van der Waals surface area contributed by atoms with Gasteiger partial charge in [-0.25, -0.2) is 4.98 Å². The van der Waals surface area contributed by atoms with Crippen LogP contribution in [0.5, 0.6) is 0 Å². The maximum atomic E-state index is 5.67. The Kier molecular flexibility index (Phi) is 2.88. The molecule has 0 saturated heterocycles. The molecule has 1 aromatic rings. The van der Waals surface area contributed by atoms with Crippen LogP contribution in [-0.4, -0.2) is 4.98 Å². The summed E-state index contributed by atoms with van der Waals surface area (Å²) in [5, 5.41) is 0.542. The Hall–Kier alpha value is -0.820. The number of hydrogen-bond donors (Lipinski definition) is 0. The third-order valence-corrected chi connectivity index (χ3v) is 2.13. The number of pyridine rings is 1. The van der Waals surface area contributed by atoms with E-state index in [4.69, 9.17) is 11.6 Å². The first-order valence-corrected chi connectivity index (χ1v) is 4.25. The lowest BCUT2D eigenvalue weighted by atomic mass is 10.1. The summed E-state index contributed by atoms with van der Waals surface area (Å²) in [5.74, 6) is 0. The summed E-state index contributed by atoms with van der Waals surface area (Å²) in [4.78, 5) is 4.01. The standard InChI is InChI=1S/C10H12ClN/c1-7(2)8(3)9-4-5-10(11)12-6-9/h4-6H,1-3H3. The molecule has 2 heteroatoms. The Balaban J connectivity index is 3.06. The maximum absolute atomic E-state index is 5.67. The number of rotatable bonds is 1. The fourth-order valence-corrected chi connectivity index (χ4v) is 0.998. The molecule has 1 rings (SSSR count). The van der Waals surface area contributed by atoms with E-state index >= 15 is 0 Å². The largest absolute Gasteiger partial charge is 0.244 e. The molecule has 1 heterocycles. The molecule has 0 atom stereocenters. The molecular formula is C10H12ClN. The molecular weight excluding hydrogens is 170 g/mol. The lowest BCUT2D eigenvalue weighted by Crippen LogP contribution is -1.83. The highest BCUT2D eigenvalue weighted by Crippen LogP contribution is 2.17. The van der Waals surface area contributed by atoms with E-state index in [0.717, 1.165) is 5.56 Å². The van der Waals surface area contributed by atoms with Gasteiger partial charge in [-0.2, -0.15) is 0 Å². The Morgan fingerprint density at radius 3 is 2.33 bits per heavy atom. The molecule has 0 spiro atoms. The first-order chi connectivity index (χ1) is 5.61. The minimum Gasteiger partial charge on any atom is -0.244 e. The normalized spacial score (nSPS) is 9.67. The van der Waals surface area contributed by atoms with Crippen LogP contribution in [0, 0.1) is 0 Å². The summed E-state index contributed by atoms with van der Waals surface area (Å²) in [6.07, 6.45) is 1.80. The van der Waals surface area contributed by atoms with Crippen molar-refractivity contribution in [3.05, 3.63) is 34.6 Å². The molecule has 64 valence electrons. The minimum absolute atomic E-state index is 0.542. The highest BCUT2D eigenvalue weighted by Gasteiger charge is 1.97. The van der Waals surface area contributed by atoms with E-state index in [1.165, 1.54) is 11.1 Å². The smallest absolute Gasteiger partial charge is 0.129 e. The van der Waals surface area contributed by atoms with Crippen LogP contribution in [0.25, 0.3) is 5.57 Å². The number of hydrogen-bond acceptors (Lipinski definition) is 1. The monoisotopic (exact) mass is 181 g/mol. The summed E-state index contributed by atoms with van der Waals surface area (Å²) in [7, 11) is 0. The van der Waals surface area contributed by atoms with Crippen LogP contribution in [0.15, 0.2) is 23.9 Å². The second-order valence-electron chi connectivity index (χ2n) is 2.99. The van der Waals surface area contributed by atoms with Crippen molar-refractivity contribution in [3.8, 4) is 0 Å². The molecule has 1 aromatic heterocycles. The van der Waals surface area contributed by atoms with Crippen LogP contribution < -0.4 is 0 Å². The van der Waals surface area contributed by atoms with Gasteiger partial charge in [0.25, 0.3) is 0 Å². The topological polar surface area (TPSA) is 12.9 Å². The van der Waals surface area contributed by atoms with Gasteiger partial charge in [0.1, 0.15) is 5.15 Å². The lowest BCUT2D eigenvalue weighted by Gasteiger charge is -2.02. The molecule has 0 aliphatic heterocycles. The highest BCUT2D eigenvalue weighted by atomic mass is 35.5. The van der Waals surface area contributed by atoms with Gasteiger partial charge in [-0.15, -0.1) is 0 Å². The number of allylic oxidation sites excluding steroid dienone is 2. The summed E-state index contributed by atoms with van der Waals surface area (Å²) < 4.78 is 0. The van der Waals surface area contributed by atoms with Gasteiger partial charge in [-0.1, -0.05) is 23.2 Å². The fraction of sp³-hybridized carbons (Fsp3) is 0.300. The van der Waals surface area contributed by atoms with Gasteiger partial charge in [0, 0.05) is 6.20 Å². The Bertz CT molecular complexity index is 294. The summed E-state index contributed by atoms with van der Waals surface area (Å²) >= 11 is 5.67. The zero-order valence-corrected chi connectivity index (χ0v) is 8.31. The van der Waals surface area contributed by atoms with Crippen LogP contribution in [0.1, 0.15) is 26.3 Å². The number of nitrogens with zero attached hydrogens (tertiary/aromatic N) is 1. The predicted molar refractivity (Wildman–Crippen MR) is 53.2 cm³/mol. The van der Waals surface area contributed by atoms with E-state index in [1.807, 2.05) is 12.1 Å². The van der Waals surface area contributed by atoms with Crippen molar-refractivity contribution >= 4 is 17.2 Å². The van der Waals surface area contributed by atoms with Gasteiger partial charge in [0.05, 0.1) is 0 Å². The molecule has 12 heavy (non-hydrogen) atoms. The third kappa shape index (κ3) is 2.08. The van der Waals surface area contributed by atoms with Crippen LogP contribution >= 0.6 is 11.6 Å². The molecule has 0 amide bonds. The van der Waals surface area contributed by atoms with E-state index < -0.39 is 0 Å². The molecule has 0 N–H and O–H groups in total. The van der Waals surface area contributed by atoms with Crippen molar-refractivity contribution in [1.82, 2.24) is 4.98 Å². The van der Waals surface area contributed by atoms with E-state index in [9.17, 15) is 0 Å². The van der Waals surface area contributed by atoms with Crippen molar-refractivity contribution in [1.29, 1.82) is 0 Å². The van der Waals surface area contributed by atoms with Crippen molar-refractivity contribution in [2.75, 3.05) is 0 Å². The quantitative estimate of drug-likeness (QED) is 0.604. The minimum atomic E-state index is 0.542. The Labute approximate surface area is 78.1 Å². The van der Waals surface area contributed by atoms with Crippen LogP contribution in [0.4, 0.5) is 0 Å². The molecule has 0 aliphatic rings. The van der Waals surface area contributed by atoms with E-state index in [2.05, 4.69) is 25.8 Å². The van der Waals surface area contributed by atoms with E-state index in [0.29, 0.717) is 5.15 Å². The fourth-order valence-electron chi connectivity index (χ4n) is 0.886. The van der Waals surface area contributed by atoms with Crippen LogP contribution in [0.2, 0.25) is 5.15 Å². The van der Waals surface area contributed by atoms with Gasteiger partial charge in [-0.05, 0) is 38.0 Å². The summed E-state index contributed by atoms with van der Waals surface area (Å²) in [5.41, 5.74) is 3.71. The first kappa shape index (κ1) is 9.27. The SMILES string of the molecule is CC(C)=C(C)c1ccc(Cl)nc1. The van der Waals surface area contributed by atoms with Crippen molar-refractivity contribution in [2.24, 2.45) is 0 Å². The summed E-state index contributed by atoms with van der Waals surface area (Å²) in [6, 6.07) is 3.79. The number of halogens is 1. The average molecular weight is 182 g/mol. The molecule has 0 radical (unpaired) electrons. The second kappa shape index (κ2) is 3.72. The molecule has 0 bridgehead atoms. The molecule has 0 aromatic carbocycles. The van der Waals surface area contributed by atoms with Crippen molar-refractivity contribution in [2.45, 2.75) is 20.8 Å². The zero-order valence-electron chi connectivity index (χ0n) is 7.56. The van der Waals surface area contributed by atoms with Gasteiger partial charge in [0.15, 0.2) is 0 Å². The van der Waals surface area contributed by atoms with Gasteiger partial charge in [-0.3, -0.25) is 0 Å². The van der Waals surface area contributed by atoms with Crippen LogP contribution in [-0.2, 0) is 0 Å². The third-order valence-electron chi connectivity index (χ3n) is 1.91. The first-order valence-electron chi connectivity index (χ1n) is 3.87. The molecule has 0 fully saturated rings. The van der Waals surface area contributed by atoms with Crippen molar-refractivity contribution < 1.29 is 0 Å². The van der Waals surface area contributed by atoms with E-state index in [-0.39, 0.29) is 0 Å². The van der Waals surface area contributed by atoms with Crippen LogP contribution in [0.3, 0.4) is 0 Å². The summed E-state index contributed by atoms with van der Waals surface area (Å²) in [6.45, 7) is 6.26. The van der Waals surface area contributed by atoms with Gasteiger partial charge >= 0.3 is 0 Å². The number of aromatic nitrogens is 1. The predicted octanol–water partition coefficient (Wildman–Crippen LogP) is 3.55. The van der Waals surface area contributed by atoms with Gasteiger partial charge in [0.2, 0.25) is 0 Å². The lowest BCUT2D eigenvalue weighted by molar-refractivity contribution is 1.28. The molecule has 1 nitrogen and oxygen atoms in total. The van der Waals surface area contributed by atoms with Gasteiger partial charge < -0.3 is 0 Å².